The highest BCUT2D eigenvalue weighted by Gasteiger charge is 2.42. The first-order chi connectivity index (χ1) is 11.6. The molecule has 2 aliphatic rings. The number of rotatable bonds is 4. The smallest absolute Gasteiger partial charge is 0.257 e. The van der Waals surface area contributed by atoms with E-state index in [-0.39, 0.29) is 11.9 Å². The lowest BCUT2D eigenvalue weighted by molar-refractivity contribution is 0.0914. The van der Waals surface area contributed by atoms with Gasteiger partial charge in [0.05, 0.1) is 0 Å². The fourth-order valence-electron chi connectivity index (χ4n) is 4.72. The van der Waals surface area contributed by atoms with E-state index in [1.165, 1.54) is 25.7 Å². The van der Waals surface area contributed by atoms with Crippen molar-refractivity contribution in [2.75, 3.05) is 0 Å². The lowest BCUT2D eigenvalue weighted by atomic mass is 9.84. The van der Waals surface area contributed by atoms with Gasteiger partial charge in [-0.3, -0.25) is 4.79 Å². The maximum absolute atomic E-state index is 12.9. The third kappa shape index (κ3) is 2.64. The van der Waals surface area contributed by atoms with Gasteiger partial charge in [0.2, 0.25) is 0 Å². The molecule has 2 fully saturated rings. The number of aromatic nitrogens is 1. The van der Waals surface area contributed by atoms with Gasteiger partial charge in [-0.1, -0.05) is 41.9 Å². The minimum Gasteiger partial charge on any atom is -0.360 e. The zero-order valence-corrected chi connectivity index (χ0v) is 14.3. The van der Waals surface area contributed by atoms with Gasteiger partial charge in [-0.15, -0.1) is 0 Å². The Bertz CT molecular complexity index is 737. The molecule has 1 N–H and O–H groups in total. The van der Waals surface area contributed by atoms with E-state index in [2.05, 4.69) is 17.4 Å². The highest BCUT2D eigenvalue weighted by Crippen LogP contribution is 2.49. The first-order valence-electron chi connectivity index (χ1n) is 8.96. The number of hydrogen-bond donors (Lipinski definition) is 1. The van der Waals surface area contributed by atoms with Crippen LogP contribution in [0.2, 0.25) is 0 Å². The van der Waals surface area contributed by atoms with E-state index in [9.17, 15) is 4.79 Å². The summed E-state index contributed by atoms with van der Waals surface area (Å²) in [6, 6.07) is 9.94. The van der Waals surface area contributed by atoms with Gasteiger partial charge in [0.15, 0.2) is 0 Å². The van der Waals surface area contributed by atoms with Gasteiger partial charge >= 0.3 is 0 Å². The molecule has 4 atom stereocenters. The molecule has 2 saturated carbocycles. The number of benzene rings is 1. The SMILES string of the molecule is Cc1onc(-c2ccccc2)c1C(=O)NC(C)C1CC2CCC1C2. The summed E-state index contributed by atoms with van der Waals surface area (Å²) in [6.07, 6.45) is 5.33. The van der Waals surface area contributed by atoms with E-state index in [4.69, 9.17) is 4.52 Å². The summed E-state index contributed by atoms with van der Waals surface area (Å²) in [5.74, 6) is 2.81. The maximum atomic E-state index is 12.9. The summed E-state index contributed by atoms with van der Waals surface area (Å²) >= 11 is 0. The van der Waals surface area contributed by atoms with Gasteiger partial charge in [0, 0.05) is 11.6 Å². The molecular weight excluding hydrogens is 300 g/mol. The quantitative estimate of drug-likeness (QED) is 0.917. The molecule has 1 aromatic heterocycles. The molecule has 1 aromatic carbocycles. The van der Waals surface area contributed by atoms with E-state index in [0.717, 1.165) is 17.4 Å². The Kier molecular flexibility index (Phi) is 3.91. The van der Waals surface area contributed by atoms with Gasteiger partial charge in [-0.25, -0.2) is 0 Å². The second-order valence-electron chi connectivity index (χ2n) is 7.43. The molecule has 2 aromatic rings. The van der Waals surface area contributed by atoms with E-state index >= 15 is 0 Å². The Balaban J connectivity index is 1.54. The van der Waals surface area contributed by atoms with Crippen LogP contribution in [0.4, 0.5) is 0 Å². The first-order valence-corrected chi connectivity index (χ1v) is 8.96. The van der Waals surface area contributed by atoms with E-state index < -0.39 is 0 Å². The fraction of sp³-hybridized carbons (Fsp3) is 0.500. The molecular formula is C20H24N2O2. The van der Waals surface area contributed by atoms with Crippen LogP contribution in [0.1, 0.15) is 48.7 Å². The van der Waals surface area contributed by atoms with Crippen LogP contribution in [0.15, 0.2) is 34.9 Å². The second kappa shape index (κ2) is 6.08. The summed E-state index contributed by atoms with van der Waals surface area (Å²) in [7, 11) is 0. The van der Waals surface area contributed by atoms with Crippen LogP contribution in [0.3, 0.4) is 0 Å². The Morgan fingerprint density at radius 2 is 2.04 bits per heavy atom. The predicted molar refractivity (Wildman–Crippen MR) is 92.5 cm³/mol. The molecule has 2 bridgehead atoms. The number of hydrogen-bond acceptors (Lipinski definition) is 3. The Labute approximate surface area is 142 Å². The highest BCUT2D eigenvalue weighted by molar-refractivity contribution is 6.00. The molecule has 0 spiro atoms. The molecule has 4 unspecified atom stereocenters. The number of carbonyl (C=O) groups excluding carboxylic acids is 1. The lowest BCUT2D eigenvalue weighted by Crippen LogP contribution is -2.40. The van der Waals surface area contributed by atoms with E-state index in [1.807, 2.05) is 30.3 Å². The van der Waals surface area contributed by atoms with Crippen LogP contribution in [-0.4, -0.2) is 17.1 Å². The van der Waals surface area contributed by atoms with Crippen LogP contribution >= 0.6 is 0 Å². The summed E-state index contributed by atoms with van der Waals surface area (Å²) in [4.78, 5) is 12.9. The molecule has 1 amide bonds. The minimum absolute atomic E-state index is 0.0668. The van der Waals surface area contributed by atoms with Crippen molar-refractivity contribution in [2.24, 2.45) is 17.8 Å². The monoisotopic (exact) mass is 324 g/mol. The number of aryl methyl sites for hydroxylation is 1. The zero-order chi connectivity index (χ0) is 16.7. The molecule has 2 aliphatic carbocycles. The molecule has 24 heavy (non-hydrogen) atoms. The standard InChI is InChI=1S/C20H24N2O2/c1-12(17-11-14-8-9-16(17)10-14)21-20(23)18-13(2)24-22-19(18)15-6-4-3-5-7-15/h3-7,12,14,16-17H,8-11H2,1-2H3,(H,21,23). The Morgan fingerprint density at radius 1 is 1.25 bits per heavy atom. The molecule has 126 valence electrons. The lowest BCUT2D eigenvalue weighted by Gasteiger charge is -2.28. The number of fused-ring (bicyclic) bond motifs is 2. The van der Waals surface area contributed by atoms with Crippen molar-refractivity contribution in [3.63, 3.8) is 0 Å². The molecule has 0 radical (unpaired) electrons. The summed E-state index contributed by atoms with van der Waals surface area (Å²) in [5.41, 5.74) is 2.11. The number of carbonyl (C=O) groups is 1. The number of amides is 1. The van der Waals surface area contributed by atoms with Crippen molar-refractivity contribution in [1.82, 2.24) is 10.5 Å². The third-order valence-corrected chi connectivity index (χ3v) is 5.93. The molecule has 0 aliphatic heterocycles. The first kappa shape index (κ1) is 15.4. The van der Waals surface area contributed by atoms with Crippen molar-refractivity contribution >= 4 is 5.91 Å². The number of nitrogens with zero attached hydrogens (tertiary/aromatic N) is 1. The predicted octanol–water partition coefficient (Wildman–Crippen LogP) is 4.20. The van der Waals surface area contributed by atoms with Gasteiger partial charge in [0.25, 0.3) is 5.91 Å². The van der Waals surface area contributed by atoms with Gasteiger partial charge in [-0.2, -0.15) is 0 Å². The van der Waals surface area contributed by atoms with Crippen molar-refractivity contribution in [3.8, 4) is 11.3 Å². The van der Waals surface area contributed by atoms with Crippen molar-refractivity contribution in [1.29, 1.82) is 0 Å². The second-order valence-corrected chi connectivity index (χ2v) is 7.43. The molecule has 4 rings (SSSR count). The number of nitrogens with one attached hydrogen (secondary N) is 1. The topological polar surface area (TPSA) is 55.1 Å². The third-order valence-electron chi connectivity index (χ3n) is 5.93. The maximum Gasteiger partial charge on any atom is 0.257 e. The highest BCUT2D eigenvalue weighted by atomic mass is 16.5. The average molecular weight is 324 g/mol. The molecule has 1 heterocycles. The summed E-state index contributed by atoms with van der Waals surface area (Å²) in [6.45, 7) is 3.95. The fourth-order valence-corrected chi connectivity index (χ4v) is 4.72. The molecule has 4 heteroatoms. The van der Waals surface area contributed by atoms with Gasteiger partial charge in [-0.05, 0) is 50.9 Å². The average Bonchev–Trinajstić information content (AvgIpc) is 3.30. The molecule has 0 saturated heterocycles. The van der Waals surface area contributed by atoms with Crippen LogP contribution in [-0.2, 0) is 0 Å². The van der Waals surface area contributed by atoms with Crippen LogP contribution in [0.5, 0.6) is 0 Å². The van der Waals surface area contributed by atoms with E-state index in [1.54, 1.807) is 6.92 Å². The van der Waals surface area contributed by atoms with Crippen molar-refractivity contribution in [2.45, 2.75) is 45.6 Å². The van der Waals surface area contributed by atoms with Gasteiger partial charge < -0.3 is 9.84 Å². The van der Waals surface area contributed by atoms with Gasteiger partial charge in [0.1, 0.15) is 17.0 Å². The van der Waals surface area contributed by atoms with Crippen LogP contribution in [0.25, 0.3) is 11.3 Å². The van der Waals surface area contributed by atoms with Crippen molar-refractivity contribution < 1.29 is 9.32 Å². The summed E-state index contributed by atoms with van der Waals surface area (Å²) < 4.78 is 5.32. The normalized spacial score (nSPS) is 26.5. The van der Waals surface area contributed by atoms with E-state index in [0.29, 0.717) is 22.9 Å². The minimum atomic E-state index is -0.0668. The van der Waals surface area contributed by atoms with Crippen molar-refractivity contribution in [3.05, 3.63) is 41.7 Å². The summed E-state index contributed by atoms with van der Waals surface area (Å²) in [5, 5.41) is 7.34. The van der Waals surface area contributed by atoms with Crippen LogP contribution < -0.4 is 5.32 Å². The Hall–Kier alpha value is -2.10. The zero-order valence-electron chi connectivity index (χ0n) is 14.3. The van der Waals surface area contributed by atoms with Crippen LogP contribution in [0, 0.1) is 24.7 Å². The largest absolute Gasteiger partial charge is 0.360 e. The molecule has 4 nitrogen and oxygen atoms in total. The Morgan fingerprint density at radius 3 is 2.71 bits per heavy atom.